The van der Waals surface area contributed by atoms with E-state index < -0.39 is 22.5 Å². The van der Waals surface area contributed by atoms with Gasteiger partial charge in [0, 0.05) is 26.2 Å². The molecule has 0 aromatic heterocycles. The number of hydrogen-bond donors (Lipinski definition) is 0. The number of alkyl halides is 2. The van der Waals surface area contributed by atoms with E-state index in [2.05, 4.69) is 4.74 Å². The van der Waals surface area contributed by atoms with Gasteiger partial charge >= 0.3 is 6.61 Å². The maximum absolute atomic E-state index is 12.7. The highest BCUT2D eigenvalue weighted by Gasteiger charge is 2.31. The number of amides is 1. The molecule has 1 saturated heterocycles. The van der Waals surface area contributed by atoms with E-state index in [0.717, 1.165) is 0 Å². The van der Waals surface area contributed by atoms with Gasteiger partial charge in [-0.1, -0.05) is 30.3 Å². The minimum absolute atomic E-state index is 0.0252. The molecule has 0 N–H and O–H groups in total. The highest BCUT2D eigenvalue weighted by molar-refractivity contribution is 7.89. The van der Waals surface area contributed by atoms with Crippen LogP contribution in [0.5, 0.6) is 5.75 Å². The normalized spacial score (nSPS) is 15.7. The topological polar surface area (TPSA) is 66.9 Å². The average Bonchev–Trinajstić information content (AvgIpc) is 2.68. The summed E-state index contributed by atoms with van der Waals surface area (Å²) in [6.45, 7) is -2.46. The molecule has 0 aliphatic carbocycles. The van der Waals surface area contributed by atoms with E-state index >= 15 is 0 Å². The van der Waals surface area contributed by atoms with Gasteiger partial charge in [0.15, 0.2) is 0 Å². The zero-order valence-corrected chi connectivity index (χ0v) is 15.1. The van der Waals surface area contributed by atoms with Crippen LogP contribution in [0.4, 0.5) is 8.78 Å². The molecule has 0 atom stereocenters. The van der Waals surface area contributed by atoms with Crippen LogP contribution in [-0.2, 0) is 10.0 Å². The number of benzene rings is 2. The number of carbonyl (C=O) groups excluding carboxylic acids is 1. The van der Waals surface area contributed by atoms with Crippen LogP contribution in [0.25, 0.3) is 0 Å². The van der Waals surface area contributed by atoms with Crippen LogP contribution < -0.4 is 4.74 Å². The molecule has 2 aromatic carbocycles. The maximum atomic E-state index is 12.7. The van der Waals surface area contributed by atoms with Crippen molar-refractivity contribution in [3.8, 4) is 5.75 Å². The Bertz CT molecular complexity index is 899. The largest absolute Gasteiger partial charge is 0.434 e. The molecule has 3 rings (SSSR count). The van der Waals surface area contributed by atoms with E-state index in [0.29, 0.717) is 0 Å². The molecule has 1 aliphatic heterocycles. The van der Waals surface area contributed by atoms with Crippen molar-refractivity contribution in [2.24, 2.45) is 0 Å². The summed E-state index contributed by atoms with van der Waals surface area (Å²) in [5.74, 6) is -0.667. The molecule has 0 bridgehead atoms. The van der Waals surface area contributed by atoms with Crippen molar-refractivity contribution < 1.29 is 26.7 Å². The molecule has 2 aromatic rings. The third-order valence-corrected chi connectivity index (χ3v) is 6.15. The summed E-state index contributed by atoms with van der Waals surface area (Å²) >= 11 is 0. The van der Waals surface area contributed by atoms with Crippen molar-refractivity contribution in [1.82, 2.24) is 9.21 Å². The lowest BCUT2D eigenvalue weighted by Gasteiger charge is -2.34. The number of rotatable bonds is 5. The fraction of sp³-hybridized carbons (Fsp3) is 0.278. The van der Waals surface area contributed by atoms with Gasteiger partial charge in [0.05, 0.1) is 10.5 Å². The highest BCUT2D eigenvalue weighted by atomic mass is 32.2. The van der Waals surface area contributed by atoms with Crippen LogP contribution in [-0.4, -0.2) is 56.3 Å². The Kier molecular flexibility index (Phi) is 5.71. The second kappa shape index (κ2) is 8.01. The molecule has 1 heterocycles. The molecular formula is C18H18F2N2O4S. The Hall–Kier alpha value is -2.52. The maximum Gasteiger partial charge on any atom is 0.387 e. The Morgan fingerprint density at radius 3 is 2.15 bits per heavy atom. The zero-order valence-electron chi connectivity index (χ0n) is 14.3. The van der Waals surface area contributed by atoms with Crippen LogP contribution in [0.3, 0.4) is 0 Å². The van der Waals surface area contributed by atoms with E-state index in [1.807, 2.05) is 0 Å². The lowest BCUT2D eigenvalue weighted by molar-refractivity contribution is -0.0503. The van der Waals surface area contributed by atoms with E-state index in [4.69, 9.17) is 0 Å². The van der Waals surface area contributed by atoms with Gasteiger partial charge in [-0.3, -0.25) is 4.79 Å². The number of nitrogens with zero attached hydrogens (tertiary/aromatic N) is 2. The summed E-state index contributed by atoms with van der Waals surface area (Å²) in [6, 6.07) is 13.8. The van der Waals surface area contributed by atoms with Gasteiger partial charge in [0.25, 0.3) is 5.91 Å². The minimum Gasteiger partial charge on any atom is -0.434 e. The lowest BCUT2D eigenvalue weighted by Crippen LogP contribution is -2.50. The van der Waals surface area contributed by atoms with Gasteiger partial charge in [-0.25, -0.2) is 8.42 Å². The van der Waals surface area contributed by atoms with Gasteiger partial charge in [-0.05, 0) is 24.3 Å². The van der Waals surface area contributed by atoms with Crippen molar-refractivity contribution in [2.45, 2.75) is 11.5 Å². The summed E-state index contributed by atoms with van der Waals surface area (Å²) in [4.78, 5) is 14.3. The van der Waals surface area contributed by atoms with Crippen LogP contribution in [0.2, 0.25) is 0 Å². The fourth-order valence-corrected chi connectivity index (χ4v) is 4.33. The molecule has 0 saturated carbocycles. The second-order valence-electron chi connectivity index (χ2n) is 5.88. The van der Waals surface area contributed by atoms with E-state index in [9.17, 15) is 22.0 Å². The van der Waals surface area contributed by atoms with Gasteiger partial charge < -0.3 is 9.64 Å². The van der Waals surface area contributed by atoms with Crippen LogP contribution in [0, 0.1) is 0 Å². The number of hydrogen-bond acceptors (Lipinski definition) is 4. The highest BCUT2D eigenvalue weighted by Crippen LogP contribution is 2.23. The van der Waals surface area contributed by atoms with Crippen LogP contribution >= 0.6 is 0 Å². The first-order chi connectivity index (χ1) is 12.9. The number of sulfonamides is 1. The Labute approximate surface area is 156 Å². The van der Waals surface area contributed by atoms with Gasteiger partial charge in [-0.15, -0.1) is 0 Å². The number of carbonyl (C=O) groups is 1. The van der Waals surface area contributed by atoms with Gasteiger partial charge in [0.2, 0.25) is 10.0 Å². The standard InChI is InChI=1S/C18H18F2N2O4S/c19-18(20)26-16-9-5-4-8-15(16)17(23)21-10-12-22(13-11-21)27(24,25)14-6-2-1-3-7-14/h1-9,18H,10-13H2. The third-order valence-electron chi connectivity index (χ3n) is 4.24. The molecule has 1 amide bonds. The molecule has 0 spiro atoms. The fourth-order valence-electron chi connectivity index (χ4n) is 2.89. The first-order valence-electron chi connectivity index (χ1n) is 8.28. The minimum atomic E-state index is -3.63. The van der Waals surface area contributed by atoms with Crippen LogP contribution in [0.1, 0.15) is 10.4 Å². The number of para-hydroxylation sites is 1. The predicted molar refractivity (Wildman–Crippen MR) is 94.2 cm³/mol. The van der Waals surface area contributed by atoms with E-state index in [-0.39, 0.29) is 42.4 Å². The van der Waals surface area contributed by atoms with Gasteiger partial charge in [0.1, 0.15) is 5.75 Å². The zero-order chi connectivity index (χ0) is 19.4. The average molecular weight is 396 g/mol. The summed E-state index contributed by atoms with van der Waals surface area (Å²) in [7, 11) is -3.63. The Balaban J connectivity index is 1.70. The van der Waals surface area contributed by atoms with Crippen molar-refractivity contribution >= 4 is 15.9 Å². The second-order valence-corrected chi connectivity index (χ2v) is 7.82. The number of halogens is 2. The summed E-state index contributed by atoms with van der Waals surface area (Å²) < 4.78 is 56.0. The molecule has 1 fully saturated rings. The molecule has 0 unspecified atom stereocenters. The molecular weight excluding hydrogens is 378 g/mol. The first kappa shape index (κ1) is 19.2. The third kappa shape index (κ3) is 4.25. The molecule has 144 valence electrons. The monoisotopic (exact) mass is 396 g/mol. The molecule has 6 nitrogen and oxygen atoms in total. The Morgan fingerprint density at radius 2 is 1.52 bits per heavy atom. The summed E-state index contributed by atoms with van der Waals surface area (Å²) in [6.07, 6.45) is 0. The van der Waals surface area contributed by atoms with Crippen molar-refractivity contribution in [3.63, 3.8) is 0 Å². The molecule has 27 heavy (non-hydrogen) atoms. The lowest BCUT2D eigenvalue weighted by atomic mass is 10.1. The van der Waals surface area contributed by atoms with E-state index in [1.165, 1.54) is 39.5 Å². The first-order valence-corrected chi connectivity index (χ1v) is 9.72. The molecule has 1 aliphatic rings. The number of piperazine rings is 1. The van der Waals surface area contributed by atoms with Crippen LogP contribution in [0.15, 0.2) is 59.5 Å². The van der Waals surface area contributed by atoms with Crippen molar-refractivity contribution in [1.29, 1.82) is 0 Å². The number of ether oxygens (including phenoxy) is 1. The van der Waals surface area contributed by atoms with Crippen molar-refractivity contribution in [3.05, 3.63) is 60.2 Å². The summed E-state index contributed by atoms with van der Waals surface area (Å²) in [5.41, 5.74) is 0.0252. The predicted octanol–water partition coefficient (Wildman–Crippen LogP) is 2.43. The van der Waals surface area contributed by atoms with Crippen molar-refractivity contribution in [2.75, 3.05) is 26.2 Å². The molecule has 0 radical (unpaired) electrons. The Morgan fingerprint density at radius 1 is 0.926 bits per heavy atom. The van der Waals surface area contributed by atoms with E-state index in [1.54, 1.807) is 24.3 Å². The smallest absolute Gasteiger partial charge is 0.387 e. The SMILES string of the molecule is O=C(c1ccccc1OC(F)F)N1CCN(S(=O)(=O)c2ccccc2)CC1. The quantitative estimate of drug-likeness (QED) is 0.779. The molecule has 9 heteroatoms. The van der Waals surface area contributed by atoms with Gasteiger partial charge in [-0.2, -0.15) is 13.1 Å². The summed E-state index contributed by atoms with van der Waals surface area (Å²) in [5, 5.41) is 0.